The van der Waals surface area contributed by atoms with Crippen LogP contribution in [-0.4, -0.2) is 49.4 Å². The minimum absolute atomic E-state index is 0.0470. The van der Waals surface area contributed by atoms with Crippen LogP contribution in [0.2, 0.25) is 0 Å². The SMILES string of the molecule is CC(F)(F)c1cc(-c2cccc3c2CCN2C(=O)CN=C(Cn4cnc(C5CC5)c4)C=C32)n[nH]1. The topological polar surface area (TPSA) is 79.2 Å². The fraction of sp³-hybridized carbons (Fsp3) is 0.360. The predicted octanol–water partition coefficient (Wildman–Crippen LogP) is 4.14. The van der Waals surface area contributed by atoms with Crippen LogP contribution in [0.1, 0.15) is 48.2 Å². The summed E-state index contributed by atoms with van der Waals surface area (Å²) < 4.78 is 29.5. The van der Waals surface area contributed by atoms with E-state index in [0.29, 0.717) is 31.1 Å². The average molecular weight is 463 g/mol. The van der Waals surface area contributed by atoms with Gasteiger partial charge in [0.25, 0.3) is 5.92 Å². The van der Waals surface area contributed by atoms with E-state index < -0.39 is 5.92 Å². The van der Waals surface area contributed by atoms with E-state index >= 15 is 0 Å². The highest BCUT2D eigenvalue weighted by atomic mass is 19.3. The molecule has 174 valence electrons. The number of benzene rings is 1. The minimum atomic E-state index is -2.99. The summed E-state index contributed by atoms with van der Waals surface area (Å²) in [7, 11) is 0. The number of aromatic amines is 1. The van der Waals surface area contributed by atoms with Crippen molar-refractivity contribution in [3.8, 4) is 11.3 Å². The van der Waals surface area contributed by atoms with Gasteiger partial charge < -0.3 is 9.47 Å². The summed E-state index contributed by atoms with van der Waals surface area (Å²) in [5, 5.41) is 6.62. The lowest BCUT2D eigenvalue weighted by atomic mass is 9.90. The maximum absolute atomic E-state index is 13.8. The smallest absolute Gasteiger partial charge is 0.286 e. The third-order valence-electron chi connectivity index (χ3n) is 6.67. The van der Waals surface area contributed by atoms with Gasteiger partial charge >= 0.3 is 0 Å². The van der Waals surface area contributed by atoms with Crippen molar-refractivity contribution in [1.29, 1.82) is 0 Å². The lowest BCUT2D eigenvalue weighted by Gasteiger charge is -2.31. The summed E-state index contributed by atoms with van der Waals surface area (Å²) in [6.45, 7) is 1.99. The molecule has 1 fully saturated rings. The first kappa shape index (κ1) is 20.9. The molecular formula is C25H24F2N6O. The van der Waals surface area contributed by atoms with E-state index in [-0.39, 0.29) is 18.1 Å². The number of rotatable bonds is 5. The lowest BCUT2D eigenvalue weighted by molar-refractivity contribution is -0.126. The van der Waals surface area contributed by atoms with Gasteiger partial charge in [-0.15, -0.1) is 0 Å². The molecule has 0 atom stereocenters. The summed E-state index contributed by atoms with van der Waals surface area (Å²) in [6.07, 6.45) is 8.86. The third-order valence-corrected chi connectivity index (χ3v) is 6.67. The number of halogens is 2. The Balaban J connectivity index is 1.37. The molecule has 4 heterocycles. The number of alkyl halides is 2. The van der Waals surface area contributed by atoms with Gasteiger partial charge in [-0.3, -0.25) is 14.9 Å². The normalized spacial score (nSPS) is 18.2. The van der Waals surface area contributed by atoms with Crippen molar-refractivity contribution in [2.75, 3.05) is 13.1 Å². The Labute approximate surface area is 195 Å². The van der Waals surface area contributed by atoms with Crippen molar-refractivity contribution in [2.24, 2.45) is 4.99 Å². The molecule has 0 unspecified atom stereocenters. The molecule has 2 aromatic heterocycles. The van der Waals surface area contributed by atoms with Crippen molar-refractivity contribution in [1.82, 2.24) is 24.6 Å². The molecular weight excluding hydrogens is 438 g/mol. The number of fused-ring (bicyclic) bond motifs is 3. The fourth-order valence-corrected chi connectivity index (χ4v) is 4.72. The molecule has 3 aliphatic rings. The Morgan fingerprint density at radius 1 is 1.24 bits per heavy atom. The van der Waals surface area contributed by atoms with Gasteiger partial charge in [0.05, 0.1) is 35.7 Å². The molecule has 3 aromatic rings. The van der Waals surface area contributed by atoms with Crippen LogP contribution in [0, 0.1) is 0 Å². The standard InChI is InChI=1S/C25H24F2N6O/c1-25(26,27)23-10-20(30-31-23)18-3-2-4-19-17(18)7-8-33-22(19)9-16(28-11-24(33)34)12-32-13-21(29-14-32)15-5-6-15/h2-4,9-10,13-15H,5-8,11-12H2,1H3,(H,30,31). The number of aliphatic imine (C=N–C) groups is 1. The zero-order valence-corrected chi connectivity index (χ0v) is 18.8. The summed E-state index contributed by atoms with van der Waals surface area (Å²) in [5.41, 5.74) is 5.66. The Kier molecular flexibility index (Phi) is 4.75. The molecule has 1 saturated carbocycles. The number of nitrogens with one attached hydrogen (secondary N) is 1. The molecule has 1 aromatic carbocycles. The first-order valence-corrected chi connectivity index (χ1v) is 11.5. The van der Waals surface area contributed by atoms with Gasteiger partial charge in [-0.1, -0.05) is 18.2 Å². The van der Waals surface area contributed by atoms with Crippen molar-refractivity contribution in [3.05, 3.63) is 65.4 Å². The second kappa shape index (κ2) is 7.72. The molecule has 7 nitrogen and oxygen atoms in total. The molecule has 6 rings (SSSR count). The number of hydrogen-bond donors (Lipinski definition) is 1. The molecule has 2 aliphatic heterocycles. The maximum Gasteiger partial charge on any atom is 0.286 e. The van der Waals surface area contributed by atoms with Gasteiger partial charge in [0, 0.05) is 36.7 Å². The minimum Gasteiger partial charge on any atom is -0.331 e. The number of H-pyrrole nitrogens is 1. The molecule has 0 spiro atoms. The number of carbonyl (C=O) groups is 1. The maximum atomic E-state index is 13.8. The van der Waals surface area contributed by atoms with Crippen LogP contribution in [0.3, 0.4) is 0 Å². The number of amides is 1. The second-order valence-electron chi connectivity index (χ2n) is 9.26. The highest BCUT2D eigenvalue weighted by Crippen LogP contribution is 2.39. The fourth-order valence-electron chi connectivity index (χ4n) is 4.72. The summed E-state index contributed by atoms with van der Waals surface area (Å²) in [6, 6.07) is 7.14. The largest absolute Gasteiger partial charge is 0.331 e. The highest BCUT2D eigenvalue weighted by molar-refractivity contribution is 6.06. The highest BCUT2D eigenvalue weighted by Gasteiger charge is 2.31. The van der Waals surface area contributed by atoms with Gasteiger partial charge in [0.2, 0.25) is 5.91 Å². The van der Waals surface area contributed by atoms with Crippen LogP contribution in [0.25, 0.3) is 17.0 Å². The van der Waals surface area contributed by atoms with Crippen LogP contribution in [0.4, 0.5) is 8.78 Å². The average Bonchev–Trinajstić information content (AvgIpc) is 3.38. The van der Waals surface area contributed by atoms with E-state index in [1.54, 1.807) is 4.90 Å². The summed E-state index contributed by atoms with van der Waals surface area (Å²) >= 11 is 0. The van der Waals surface area contributed by atoms with Gasteiger partial charge in [-0.05, 0) is 37.0 Å². The number of aromatic nitrogens is 4. The lowest BCUT2D eigenvalue weighted by Crippen LogP contribution is -2.36. The van der Waals surface area contributed by atoms with E-state index in [9.17, 15) is 13.6 Å². The van der Waals surface area contributed by atoms with Gasteiger partial charge in [-0.25, -0.2) is 4.98 Å². The zero-order chi connectivity index (χ0) is 23.4. The van der Waals surface area contributed by atoms with E-state index in [1.165, 1.54) is 18.9 Å². The summed E-state index contributed by atoms with van der Waals surface area (Å²) in [4.78, 5) is 23.8. The molecule has 0 saturated heterocycles. The third kappa shape index (κ3) is 3.74. The molecule has 34 heavy (non-hydrogen) atoms. The van der Waals surface area contributed by atoms with Crippen LogP contribution in [0.15, 0.2) is 47.9 Å². The number of hydrogen-bond acceptors (Lipinski definition) is 4. The van der Waals surface area contributed by atoms with Gasteiger partial charge in [0.15, 0.2) is 0 Å². The first-order valence-electron chi connectivity index (χ1n) is 11.5. The van der Waals surface area contributed by atoms with Crippen LogP contribution < -0.4 is 0 Å². The second-order valence-corrected chi connectivity index (χ2v) is 9.26. The number of allylic oxidation sites excluding steroid dienone is 1. The Hall–Kier alpha value is -3.62. The van der Waals surface area contributed by atoms with Crippen molar-refractivity contribution < 1.29 is 13.6 Å². The molecule has 1 N–H and O–H groups in total. The van der Waals surface area contributed by atoms with E-state index in [2.05, 4.69) is 26.4 Å². The van der Waals surface area contributed by atoms with E-state index in [1.807, 2.05) is 35.2 Å². The van der Waals surface area contributed by atoms with Crippen LogP contribution in [-0.2, 0) is 23.7 Å². The Bertz CT molecular complexity index is 1340. The molecule has 1 amide bonds. The number of imidazole rings is 1. The molecule has 9 heteroatoms. The zero-order valence-electron chi connectivity index (χ0n) is 18.8. The molecule has 0 radical (unpaired) electrons. The Morgan fingerprint density at radius 3 is 2.82 bits per heavy atom. The van der Waals surface area contributed by atoms with Crippen molar-refractivity contribution in [3.63, 3.8) is 0 Å². The first-order chi connectivity index (χ1) is 16.4. The number of carbonyl (C=O) groups excluding carboxylic acids is 1. The van der Waals surface area contributed by atoms with Gasteiger partial charge in [0.1, 0.15) is 12.2 Å². The quantitative estimate of drug-likeness (QED) is 0.619. The van der Waals surface area contributed by atoms with E-state index in [4.69, 9.17) is 0 Å². The predicted molar refractivity (Wildman–Crippen MR) is 123 cm³/mol. The Morgan fingerprint density at radius 2 is 2.06 bits per heavy atom. The number of nitrogens with zero attached hydrogens (tertiary/aromatic N) is 5. The van der Waals surface area contributed by atoms with Crippen molar-refractivity contribution >= 4 is 17.3 Å². The monoisotopic (exact) mass is 462 g/mol. The summed E-state index contributed by atoms with van der Waals surface area (Å²) in [5.74, 6) is -2.47. The molecule has 1 aliphatic carbocycles. The van der Waals surface area contributed by atoms with Crippen LogP contribution in [0.5, 0.6) is 0 Å². The molecule has 0 bridgehead atoms. The van der Waals surface area contributed by atoms with Crippen molar-refractivity contribution in [2.45, 2.75) is 44.6 Å². The van der Waals surface area contributed by atoms with Gasteiger partial charge in [-0.2, -0.15) is 13.9 Å². The van der Waals surface area contributed by atoms with Crippen LogP contribution >= 0.6 is 0 Å². The van der Waals surface area contributed by atoms with E-state index in [0.717, 1.165) is 40.7 Å².